The van der Waals surface area contributed by atoms with Crippen LogP contribution in [0.2, 0.25) is 0 Å². The number of nitrogens with one attached hydrogen (secondary N) is 1. The van der Waals surface area contributed by atoms with Gasteiger partial charge in [-0.05, 0) is 32.9 Å². The van der Waals surface area contributed by atoms with Crippen molar-refractivity contribution in [2.75, 3.05) is 13.1 Å². The third-order valence-electron chi connectivity index (χ3n) is 2.94. The summed E-state index contributed by atoms with van der Waals surface area (Å²) in [5, 5.41) is 3.39. The van der Waals surface area contributed by atoms with Crippen LogP contribution < -0.4 is 5.32 Å². The van der Waals surface area contributed by atoms with Crippen LogP contribution in [-0.4, -0.2) is 22.6 Å². The molecule has 3 heteroatoms. The van der Waals surface area contributed by atoms with E-state index in [9.17, 15) is 0 Å². The minimum atomic E-state index is 0.674. The number of hydrogen-bond acceptors (Lipinski definition) is 2. The number of nitrogens with zero attached hydrogens (tertiary/aromatic N) is 2. The SMILES string of the molecule is C=C(C)Cn1cncc1C1CCNCC1. The molecule has 1 fully saturated rings. The van der Waals surface area contributed by atoms with Gasteiger partial charge in [-0.3, -0.25) is 0 Å². The predicted octanol–water partition coefficient (Wildman–Crippen LogP) is 1.93. The Kier molecular flexibility index (Phi) is 3.21. The van der Waals surface area contributed by atoms with E-state index in [1.165, 1.54) is 24.1 Å². The summed E-state index contributed by atoms with van der Waals surface area (Å²) in [6, 6.07) is 0. The predicted molar refractivity (Wildman–Crippen MR) is 61.9 cm³/mol. The Morgan fingerprint density at radius 2 is 2.33 bits per heavy atom. The van der Waals surface area contributed by atoms with Crippen LogP contribution in [0.1, 0.15) is 31.4 Å². The Morgan fingerprint density at radius 3 is 3.00 bits per heavy atom. The van der Waals surface area contributed by atoms with Crippen LogP contribution in [0.5, 0.6) is 0 Å². The highest BCUT2D eigenvalue weighted by molar-refractivity contribution is 5.09. The molecule has 82 valence electrons. The number of rotatable bonds is 3. The molecular weight excluding hydrogens is 186 g/mol. The van der Waals surface area contributed by atoms with E-state index in [0.29, 0.717) is 5.92 Å². The molecule has 1 aliphatic rings. The summed E-state index contributed by atoms with van der Waals surface area (Å²) in [6.07, 6.45) is 6.38. The zero-order valence-corrected chi connectivity index (χ0v) is 9.37. The van der Waals surface area contributed by atoms with Crippen molar-refractivity contribution in [2.45, 2.75) is 32.2 Å². The van der Waals surface area contributed by atoms with Crippen molar-refractivity contribution in [3.63, 3.8) is 0 Å². The van der Waals surface area contributed by atoms with Crippen LogP contribution >= 0.6 is 0 Å². The van der Waals surface area contributed by atoms with Crippen molar-refractivity contribution in [1.29, 1.82) is 0 Å². The smallest absolute Gasteiger partial charge is 0.0951 e. The lowest BCUT2D eigenvalue weighted by molar-refractivity contribution is 0.442. The zero-order valence-electron chi connectivity index (χ0n) is 9.37. The van der Waals surface area contributed by atoms with Crippen molar-refractivity contribution < 1.29 is 0 Å². The third kappa shape index (κ3) is 2.48. The van der Waals surface area contributed by atoms with Crippen LogP contribution in [-0.2, 0) is 6.54 Å². The fraction of sp³-hybridized carbons (Fsp3) is 0.583. The Bertz CT molecular complexity index is 334. The fourth-order valence-electron chi connectivity index (χ4n) is 2.21. The summed E-state index contributed by atoms with van der Waals surface area (Å²) in [7, 11) is 0. The number of allylic oxidation sites excluding steroid dienone is 1. The standard InChI is InChI=1S/C12H19N3/c1-10(2)8-15-9-14-7-12(15)11-3-5-13-6-4-11/h7,9,11,13H,1,3-6,8H2,2H3. The highest BCUT2D eigenvalue weighted by atomic mass is 15.0. The molecule has 0 atom stereocenters. The highest BCUT2D eigenvalue weighted by Crippen LogP contribution is 2.25. The normalized spacial score (nSPS) is 17.9. The molecule has 0 aliphatic carbocycles. The first-order chi connectivity index (χ1) is 7.27. The number of hydrogen-bond donors (Lipinski definition) is 1. The first-order valence-corrected chi connectivity index (χ1v) is 5.62. The van der Waals surface area contributed by atoms with Gasteiger partial charge in [0.25, 0.3) is 0 Å². The summed E-state index contributed by atoms with van der Waals surface area (Å²) >= 11 is 0. The van der Waals surface area contributed by atoms with Crippen LogP contribution in [0.3, 0.4) is 0 Å². The number of piperidine rings is 1. The molecule has 15 heavy (non-hydrogen) atoms. The van der Waals surface area contributed by atoms with Crippen molar-refractivity contribution in [2.24, 2.45) is 0 Å². The average Bonchev–Trinajstić information content (AvgIpc) is 2.66. The molecule has 1 aliphatic heterocycles. The molecule has 0 saturated carbocycles. The van der Waals surface area contributed by atoms with Crippen LogP contribution in [0.25, 0.3) is 0 Å². The second-order valence-corrected chi connectivity index (χ2v) is 4.43. The molecule has 0 radical (unpaired) electrons. The molecular formula is C12H19N3. The maximum atomic E-state index is 4.25. The van der Waals surface area contributed by atoms with Gasteiger partial charge in [-0.1, -0.05) is 12.2 Å². The molecule has 0 amide bonds. The van der Waals surface area contributed by atoms with Crippen LogP contribution in [0, 0.1) is 0 Å². The lowest BCUT2D eigenvalue weighted by Crippen LogP contribution is -2.27. The van der Waals surface area contributed by atoms with Crippen molar-refractivity contribution in [1.82, 2.24) is 14.9 Å². The van der Waals surface area contributed by atoms with Gasteiger partial charge in [0.2, 0.25) is 0 Å². The van der Waals surface area contributed by atoms with Gasteiger partial charge in [0.1, 0.15) is 0 Å². The van der Waals surface area contributed by atoms with Crippen molar-refractivity contribution in [3.8, 4) is 0 Å². The highest BCUT2D eigenvalue weighted by Gasteiger charge is 2.18. The molecule has 0 aromatic carbocycles. The summed E-state index contributed by atoms with van der Waals surface area (Å²) in [4.78, 5) is 4.25. The monoisotopic (exact) mass is 205 g/mol. The van der Waals surface area contributed by atoms with E-state index in [2.05, 4.69) is 28.4 Å². The minimum Gasteiger partial charge on any atom is -0.330 e. The lowest BCUT2D eigenvalue weighted by atomic mass is 9.95. The summed E-state index contributed by atoms with van der Waals surface area (Å²) in [6.45, 7) is 9.17. The number of imidazole rings is 1. The van der Waals surface area contributed by atoms with E-state index in [1.807, 2.05) is 12.5 Å². The largest absolute Gasteiger partial charge is 0.330 e. The maximum absolute atomic E-state index is 4.25. The lowest BCUT2D eigenvalue weighted by Gasteiger charge is -2.23. The van der Waals surface area contributed by atoms with Crippen molar-refractivity contribution >= 4 is 0 Å². The Hall–Kier alpha value is -1.09. The van der Waals surface area contributed by atoms with E-state index in [-0.39, 0.29) is 0 Å². The first-order valence-electron chi connectivity index (χ1n) is 5.62. The van der Waals surface area contributed by atoms with E-state index in [4.69, 9.17) is 0 Å². The first kappa shape index (κ1) is 10.4. The van der Waals surface area contributed by atoms with E-state index in [0.717, 1.165) is 19.6 Å². The van der Waals surface area contributed by atoms with Crippen molar-refractivity contribution in [3.05, 3.63) is 30.4 Å². The topological polar surface area (TPSA) is 29.9 Å². The van der Waals surface area contributed by atoms with E-state index >= 15 is 0 Å². The molecule has 0 unspecified atom stereocenters. The molecule has 0 spiro atoms. The molecule has 2 rings (SSSR count). The average molecular weight is 205 g/mol. The second kappa shape index (κ2) is 4.62. The van der Waals surface area contributed by atoms with Gasteiger partial charge < -0.3 is 9.88 Å². The Balaban J connectivity index is 2.12. The Morgan fingerprint density at radius 1 is 1.60 bits per heavy atom. The molecule has 2 heterocycles. The summed E-state index contributed by atoms with van der Waals surface area (Å²) < 4.78 is 2.23. The van der Waals surface area contributed by atoms with Crippen LogP contribution in [0.15, 0.2) is 24.7 Å². The molecule has 1 saturated heterocycles. The Labute approximate surface area is 91.2 Å². The van der Waals surface area contributed by atoms with Gasteiger partial charge in [-0.25, -0.2) is 4.98 Å². The van der Waals surface area contributed by atoms with E-state index < -0.39 is 0 Å². The fourth-order valence-corrected chi connectivity index (χ4v) is 2.21. The van der Waals surface area contributed by atoms with Gasteiger partial charge >= 0.3 is 0 Å². The molecule has 0 bridgehead atoms. The van der Waals surface area contributed by atoms with Gasteiger partial charge in [-0.2, -0.15) is 0 Å². The molecule has 1 N–H and O–H groups in total. The summed E-state index contributed by atoms with van der Waals surface area (Å²) in [5.74, 6) is 0.674. The summed E-state index contributed by atoms with van der Waals surface area (Å²) in [5.41, 5.74) is 2.56. The maximum Gasteiger partial charge on any atom is 0.0951 e. The molecule has 3 nitrogen and oxygen atoms in total. The molecule has 1 aromatic heterocycles. The van der Waals surface area contributed by atoms with Gasteiger partial charge in [0.15, 0.2) is 0 Å². The van der Waals surface area contributed by atoms with Crippen LogP contribution in [0.4, 0.5) is 0 Å². The van der Waals surface area contributed by atoms with Gasteiger partial charge in [0.05, 0.1) is 6.33 Å². The quantitative estimate of drug-likeness (QED) is 0.764. The second-order valence-electron chi connectivity index (χ2n) is 4.43. The third-order valence-corrected chi connectivity index (χ3v) is 2.94. The minimum absolute atomic E-state index is 0.674. The van der Waals surface area contributed by atoms with Gasteiger partial charge in [0, 0.05) is 24.4 Å². The zero-order chi connectivity index (χ0) is 10.7. The number of aromatic nitrogens is 2. The molecule has 1 aromatic rings. The van der Waals surface area contributed by atoms with E-state index in [1.54, 1.807) is 0 Å². The van der Waals surface area contributed by atoms with Gasteiger partial charge in [-0.15, -0.1) is 0 Å².